The molecule has 5 nitrogen and oxygen atoms in total. The Morgan fingerprint density at radius 1 is 1.48 bits per heavy atom. The van der Waals surface area contributed by atoms with E-state index < -0.39 is 10.0 Å². The van der Waals surface area contributed by atoms with Crippen LogP contribution in [0.25, 0.3) is 0 Å². The number of hydrogen-bond donors (Lipinski definition) is 1. The smallest absolute Gasteiger partial charge is 0.253 e. The van der Waals surface area contributed by atoms with E-state index in [2.05, 4.69) is 0 Å². The van der Waals surface area contributed by atoms with Crippen molar-refractivity contribution in [2.24, 2.45) is 0 Å². The average molecular weight is 327 g/mol. The first kappa shape index (κ1) is 14.8. The van der Waals surface area contributed by atoms with Crippen molar-refractivity contribution in [2.75, 3.05) is 0 Å². The fourth-order valence-electron chi connectivity index (χ4n) is 2.22. The Bertz CT molecular complexity index is 714. The first-order valence-corrected chi connectivity index (χ1v) is 9.02. The van der Waals surface area contributed by atoms with Crippen molar-refractivity contribution in [1.82, 2.24) is 4.31 Å². The number of aryl methyl sites for hydroxylation is 1. The van der Waals surface area contributed by atoms with Crippen LogP contribution in [0, 0.1) is 6.92 Å². The fourth-order valence-corrected chi connectivity index (χ4v) is 5.45. The van der Waals surface area contributed by atoms with Gasteiger partial charge < -0.3 is 9.52 Å². The maximum absolute atomic E-state index is 12.8. The summed E-state index contributed by atoms with van der Waals surface area (Å²) in [4.78, 5) is 0.697. The molecular weight excluding hydrogens is 310 g/mol. The van der Waals surface area contributed by atoms with Crippen LogP contribution in [0.4, 0.5) is 0 Å². The zero-order chi connectivity index (χ0) is 15.0. The Hall–Kier alpha value is -1.15. The van der Waals surface area contributed by atoms with E-state index in [0.29, 0.717) is 14.8 Å². The third kappa shape index (κ3) is 2.91. The van der Waals surface area contributed by atoms with Crippen LogP contribution < -0.4 is 0 Å². The van der Waals surface area contributed by atoms with Crippen LogP contribution in [-0.4, -0.2) is 23.9 Å². The Kier molecular flexibility index (Phi) is 3.92. The van der Waals surface area contributed by atoms with Crippen LogP contribution in [0.3, 0.4) is 0 Å². The lowest BCUT2D eigenvalue weighted by molar-refractivity contribution is 0.285. The van der Waals surface area contributed by atoms with Crippen molar-refractivity contribution in [3.63, 3.8) is 0 Å². The summed E-state index contributed by atoms with van der Waals surface area (Å²) in [5.41, 5.74) is 0.815. The van der Waals surface area contributed by atoms with Gasteiger partial charge in [0.15, 0.2) is 0 Å². The number of nitrogens with zero attached hydrogens (tertiary/aromatic N) is 1. The summed E-state index contributed by atoms with van der Waals surface area (Å²) in [5.74, 6) is 0.640. The Morgan fingerprint density at radius 2 is 2.24 bits per heavy atom. The van der Waals surface area contributed by atoms with E-state index in [4.69, 9.17) is 4.42 Å². The van der Waals surface area contributed by atoms with Crippen LogP contribution in [0.5, 0.6) is 0 Å². The summed E-state index contributed by atoms with van der Waals surface area (Å²) in [7, 11) is -3.54. The van der Waals surface area contributed by atoms with Gasteiger partial charge in [-0.15, -0.1) is 11.3 Å². The second-order valence-corrected chi connectivity index (χ2v) is 8.44. The minimum absolute atomic E-state index is 0.0556. The third-order valence-corrected chi connectivity index (χ3v) is 7.12. The van der Waals surface area contributed by atoms with E-state index in [-0.39, 0.29) is 19.2 Å². The van der Waals surface area contributed by atoms with E-state index in [1.165, 1.54) is 4.31 Å². The van der Waals surface area contributed by atoms with Crippen molar-refractivity contribution in [2.45, 2.75) is 43.2 Å². The number of sulfonamides is 1. The Balaban J connectivity index is 1.93. The van der Waals surface area contributed by atoms with Gasteiger partial charge in [0.05, 0.1) is 19.4 Å². The van der Waals surface area contributed by atoms with Gasteiger partial charge in [0, 0.05) is 10.9 Å². The topological polar surface area (TPSA) is 70.8 Å². The van der Waals surface area contributed by atoms with Crippen LogP contribution in [0.2, 0.25) is 0 Å². The molecule has 7 heteroatoms. The first-order chi connectivity index (χ1) is 10.0. The van der Waals surface area contributed by atoms with Gasteiger partial charge in [0.1, 0.15) is 9.97 Å². The highest BCUT2D eigenvalue weighted by Crippen LogP contribution is 2.36. The quantitative estimate of drug-likeness (QED) is 0.885. The highest BCUT2D eigenvalue weighted by molar-refractivity contribution is 7.91. The lowest BCUT2D eigenvalue weighted by Gasteiger charge is -2.19. The van der Waals surface area contributed by atoms with Gasteiger partial charge in [0.25, 0.3) is 10.0 Å². The standard InChI is InChI=1S/C14H17NO4S2/c1-10-7-14(20-13(10)9-16)21(17,18)15(11-4-5-11)8-12-3-2-6-19-12/h2-3,6-7,11,16H,4-5,8-9H2,1H3. The van der Waals surface area contributed by atoms with E-state index in [0.717, 1.165) is 29.7 Å². The van der Waals surface area contributed by atoms with E-state index in [1.807, 2.05) is 6.92 Å². The zero-order valence-corrected chi connectivity index (χ0v) is 13.3. The van der Waals surface area contributed by atoms with Crippen LogP contribution in [0.15, 0.2) is 33.1 Å². The summed E-state index contributed by atoms with van der Waals surface area (Å²) in [6, 6.07) is 5.24. The molecule has 0 spiro atoms. The molecule has 2 aromatic rings. The SMILES string of the molecule is Cc1cc(S(=O)(=O)N(Cc2ccco2)C2CC2)sc1CO. The van der Waals surface area contributed by atoms with Gasteiger partial charge in [-0.25, -0.2) is 8.42 Å². The number of thiophene rings is 1. The molecule has 0 aromatic carbocycles. The molecule has 1 aliphatic carbocycles. The lowest BCUT2D eigenvalue weighted by atomic mass is 10.3. The molecule has 1 fully saturated rings. The monoisotopic (exact) mass is 327 g/mol. The summed E-state index contributed by atoms with van der Waals surface area (Å²) in [6.45, 7) is 1.94. The second-order valence-electron chi connectivity index (χ2n) is 5.19. The predicted octanol–water partition coefficient (Wildman–Crippen LogP) is 2.50. The molecule has 0 radical (unpaired) electrons. The number of hydrogen-bond acceptors (Lipinski definition) is 5. The number of rotatable bonds is 6. The Morgan fingerprint density at radius 3 is 2.76 bits per heavy atom. The first-order valence-electron chi connectivity index (χ1n) is 6.77. The fraction of sp³-hybridized carbons (Fsp3) is 0.429. The number of aliphatic hydroxyl groups is 1. The molecule has 3 rings (SSSR count). The molecule has 0 bridgehead atoms. The lowest BCUT2D eigenvalue weighted by Crippen LogP contribution is -2.32. The van der Waals surface area contributed by atoms with Gasteiger partial charge >= 0.3 is 0 Å². The van der Waals surface area contributed by atoms with Crippen LogP contribution in [-0.2, 0) is 23.2 Å². The minimum atomic E-state index is -3.54. The van der Waals surface area contributed by atoms with Gasteiger partial charge in [-0.05, 0) is 43.5 Å². The van der Waals surface area contributed by atoms with Crippen molar-refractivity contribution in [3.8, 4) is 0 Å². The number of aliphatic hydroxyl groups excluding tert-OH is 1. The molecule has 114 valence electrons. The number of furan rings is 1. The average Bonchev–Trinajstić information content (AvgIpc) is 3.00. The molecule has 0 amide bonds. The second kappa shape index (κ2) is 5.57. The molecule has 1 N–H and O–H groups in total. The molecule has 1 aliphatic rings. The van der Waals surface area contributed by atoms with Gasteiger partial charge in [-0.3, -0.25) is 0 Å². The van der Waals surface area contributed by atoms with Crippen molar-refractivity contribution < 1.29 is 17.9 Å². The maximum atomic E-state index is 12.8. The third-order valence-electron chi connectivity index (χ3n) is 3.55. The highest BCUT2D eigenvalue weighted by Gasteiger charge is 2.39. The van der Waals surface area contributed by atoms with Gasteiger partial charge in [-0.2, -0.15) is 4.31 Å². The molecule has 21 heavy (non-hydrogen) atoms. The Labute approximate surface area is 127 Å². The molecule has 2 heterocycles. The molecule has 0 saturated heterocycles. The zero-order valence-electron chi connectivity index (χ0n) is 11.7. The molecular formula is C14H17NO4S2. The molecule has 1 saturated carbocycles. The van der Waals surface area contributed by atoms with Gasteiger partial charge in [0.2, 0.25) is 0 Å². The van der Waals surface area contributed by atoms with Crippen molar-refractivity contribution in [3.05, 3.63) is 40.7 Å². The van der Waals surface area contributed by atoms with E-state index in [1.54, 1.807) is 24.5 Å². The molecule has 0 atom stereocenters. The summed E-state index contributed by atoms with van der Waals surface area (Å²) >= 11 is 1.14. The van der Waals surface area contributed by atoms with Crippen molar-refractivity contribution >= 4 is 21.4 Å². The molecule has 2 aromatic heterocycles. The van der Waals surface area contributed by atoms with E-state index >= 15 is 0 Å². The highest BCUT2D eigenvalue weighted by atomic mass is 32.2. The van der Waals surface area contributed by atoms with Gasteiger partial charge in [-0.1, -0.05) is 0 Å². The largest absolute Gasteiger partial charge is 0.468 e. The summed E-state index contributed by atoms with van der Waals surface area (Å²) in [6.07, 6.45) is 3.32. The normalized spacial score (nSPS) is 15.8. The van der Waals surface area contributed by atoms with Crippen LogP contribution in [0.1, 0.15) is 29.0 Å². The molecule has 0 unspecified atom stereocenters. The summed E-state index contributed by atoms with van der Waals surface area (Å²) in [5, 5.41) is 9.25. The predicted molar refractivity (Wildman–Crippen MR) is 79.4 cm³/mol. The summed E-state index contributed by atoms with van der Waals surface area (Å²) < 4.78 is 32.8. The van der Waals surface area contributed by atoms with E-state index in [9.17, 15) is 13.5 Å². The molecule has 0 aliphatic heterocycles. The minimum Gasteiger partial charge on any atom is -0.468 e. The maximum Gasteiger partial charge on any atom is 0.253 e. The van der Waals surface area contributed by atoms with Crippen LogP contribution >= 0.6 is 11.3 Å². The van der Waals surface area contributed by atoms with Crippen molar-refractivity contribution in [1.29, 1.82) is 0 Å².